The number of allylic oxidation sites excluding steroid dienone is 1. The number of hydrogen-bond acceptors (Lipinski definition) is 2. The molecule has 0 aromatic rings. The predicted molar refractivity (Wildman–Crippen MR) is 45.5 cm³/mol. The lowest BCUT2D eigenvalue weighted by Crippen LogP contribution is -2.12. The first-order valence-electron chi connectivity index (χ1n) is 4.07. The van der Waals surface area contributed by atoms with Crippen LogP contribution in [0.5, 0.6) is 0 Å². The molecule has 12 heavy (non-hydrogen) atoms. The van der Waals surface area contributed by atoms with Gasteiger partial charge >= 0.3 is 5.97 Å². The van der Waals surface area contributed by atoms with Gasteiger partial charge in [-0.1, -0.05) is 12.2 Å². The molecule has 2 atom stereocenters. The number of alkyl halides is 1. The summed E-state index contributed by atoms with van der Waals surface area (Å²) in [5.41, 5.74) is 0. The summed E-state index contributed by atoms with van der Waals surface area (Å²) in [6, 6.07) is 0. The molecule has 0 aromatic heterocycles. The van der Waals surface area contributed by atoms with Crippen molar-refractivity contribution < 1.29 is 13.9 Å². The average Bonchev–Trinajstić information content (AvgIpc) is 2.00. The van der Waals surface area contributed by atoms with Crippen LogP contribution < -0.4 is 0 Å². The molecule has 0 N–H and O–H groups in total. The zero-order valence-corrected chi connectivity index (χ0v) is 7.71. The van der Waals surface area contributed by atoms with E-state index in [4.69, 9.17) is 4.74 Å². The van der Waals surface area contributed by atoms with E-state index in [1.54, 1.807) is 13.8 Å². The van der Waals surface area contributed by atoms with Gasteiger partial charge in [-0.3, -0.25) is 4.79 Å². The van der Waals surface area contributed by atoms with Gasteiger partial charge in [-0.25, -0.2) is 4.39 Å². The molecule has 3 heteroatoms. The highest BCUT2D eigenvalue weighted by Gasteiger charge is 2.09. The third-order valence-corrected chi connectivity index (χ3v) is 1.32. The number of halogens is 1. The van der Waals surface area contributed by atoms with Crippen LogP contribution in [0.4, 0.5) is 4.39 Å². The molecule has 0 saturated carbocycles. The summed E-state index contributed by atoms with van der Waals surface area (Å²) in [4.78, 5) is 11.0. The van der Waals surface area contributed by atoms with Gasteiger partial charge in [0.05, 0.1) is 12.5 Å². The van der Waals surface area contributed by atoms with Crippen LogP contribution in [0.3, 0.4) is 0 Å². The highest BCUT2D eigenvalue weighted by atomic mass is 19.1. The zero-order chi connectivity index (χ0) is 9.56. The van der Waals surface area contributed by atoms with E-state index in [1.807, 2.05) is 0 Å². The fraction of sp³-hybridized carbons (Fsp3) is 0.667. The monoisotopic (exact) mass is 174 g/mol. The Morgan fingerprint density at radius 3 is 2.50 bits per heavy atom. The van der Waals surface area contributed by atoms with Crippen molar-refractivity contribution in [2.24, 2.45) is 5.92 Å². The summed E-state index contributed by atoms with van der Waals surface area (Å²) in [6.45, 7) is 5.19. The molecule has 0 aromatic carbocycles. The van der Waals surface area contributed by atoms with E-state index in [1.165, 1.54) is 19.1 Å². The Bertz CT molecular complexity index is 164. The van der Waals surface area contributed by atoms with E-state index in [0.717, 1.165) is 0 Å². The topological polar surface area (TPSA) is 26.3 Å². The van der Waals surface area contributed by atoms with Crippen molar-refractivity contribution in [3.63, 3.8) is 0 Å². The van der Waals surface area contributed by atoms with Crippen molar-refractivity contribution in [2.75, 3.05) is 6.61 Å². The minimum absolute atomic E-state index is 0.311. The van der Waals surface area contributed by atoms with Gasteiger partial charge in [0.1, 0.15) is 6.17 Å². The van der Waals surface area contributed by atoms with Crippen LogP contribution in [0.1, 0.15) is 20.8 Å². The lowest BCUT2D eigenvalue weighted by Gasteiger charge is -2.04. The highest BCUT2D eigenvalue weighted by molar-refractivity contribution is 5.73. The third-order valence-electron chi connectivity index (χ3n) is 1.32. The molecule has 0 heterocycles. The van der Waals surface area contributed by atoms with Crippen LogP contribution in [0.25, 0.3) is 0 Å². The Labute approximate surface area is 72.4 Å². The number of esters is 1. The maximum Gasteiger partial charge on any atom is 0.312 e. The molecule has 0 aliphatic carbocycles. The van der Waals surface area contributed by atoms with Gasteiger partial charge < -0.3 is 4.74 Å². The van der Waals surface area contributed by atoms with Crippen molar-refractivity contribution >= 4 is 5.97 Å². The van der Waals surface area contributed by atoms with Crippen LogP contribution >= 0.6 is 0 Å². The smallest absolute Gasteiger partial charge is 0.312 e. The molecule has 0 rings (SSSR count). The van der Waals surface area contributed by atoms with Gasteiger partial charge in [0, 0.05) is 0 Å². The van der Waals surface area contributed by atoms with E-state index >= 15 is 0 Å². The first-order chi connectivity index (χ1) is 5.57. The van der Waals surface area contributed by atoms with E-state index in [2.05, 4.69) is 0 Å². The Kier molecular flexibility index (Phi) is 5.34. The Morgan fingerprint density at radius 2 is 2.08 bits per heavy atom. The zero-order valence-electron chi connectivity index (χ0n) is 7.71. The second-order valence-electron chi connectivity index (χ2n) is 2.60. The van der Waals surface area contributed by atoms with Crippen LogP contribution in [0, 0.1) is 5.92 Å². The summed E-state index contributed by atoms with van der Waals surface area (Å²) in [6.07, 6.45) is 1.85. The molecular weight excluding hydrogens is 159 g/mol. The molecule has 0 spiro atoms. The molecule has 0 fully saturated rings. The quantitative estimate of drug-likeness (QED) is 0.482. The fourth-order valence-corrected chi connectivity index (χ4v) is 0.672. The summed E-state index contributed by atoms with van der Waals surface area (Å²) in [5.74, 6) is -0.669. The molecule has 0 amide bonds. The van der Waals surface area contributed by atoms with Gasteiger partial charge in [0.25, 0.3) is 0 Å². The Hall–Kier alpha value is -0.860. The molecule has 70 valence electrons. The van der Waals surface area contributed by atoms with Gasteiger partial charge in [-0.2, -0.15) is 0 Å². The Morgan fingerprint density at radius 1 is 1.50 bits per heavy atom. The molecule has 0 radical (unpaired) electrons. The Balaban J connectivity index is 3.86. The number of carbonyl (C=O) groups is 1. The van der Waals surface area contributed by atoms with E-state index in [9.17, 15) is 9.18 Å². The minimum Gasteiger partial charge on any atom is -0.466 e. The molecule has 0 bridgehead atoms. The molecule has 0 saturated heterocycles. The lowest BCUT2D eigenvalue weighted by atomic mass is 10.1. The number of ether oxygens (including phenoxy) is 1. The third kappa shape index (κ3) is 4.88. The van der Waals surface area contributed by atoms with Gasteiger partial charge in [-0.05, 0) is 20.8 Å². The molecule has 2 nitrogen and oxygen atoms in total. The van der Waals surface area contributed by atoms with E-state index < -0.39 is 6.17 Å². The largest absolute Gasteiger partial charge is 0.466 e. The maximum atomic E-state index is 12.3. The second-order valence-corrected chi connectivity index (χ2v) is 2.60. The second kappa shape index (κ2) is 5.75. The summed E-state index contributed by atoms with van der Waals surface area (Å²) in [5, 5.41) is 0. The van der Waals surface area contributed by atoms with Crippen LogP contribution in [0.15, 0.2) is 12.2 Å². The van der Waals surface area contributed by atoms with Crippen molar-refractivity contribution in [2.45, 2.75) is 26.9 Å². The first-order valence-corrected chi connectivity index (χ1v) is 4.07. The van der Waals surface area contributed by atoms with E-state index in [0.29, 0.717) is 6.61 Å². The van der Waals surface area contributed by atoms with Crippen LogP contribution in [-0.2, 0) is 9.53 Å². The van der Waals surface area contributed by atoms with Gasteiger partial charge in [0.15, 0.2) is 0 Å². The molecule has 0 aliphatic rings. The van der Waals surface area contributed by atoms with Crippen molar-refractivity contribution in [1.82, 2.24) is 0 Å². The first kappa shape index (κ1) is 11.1. The van der Waals surface area contributed by atoms with Crippen molar-refractivity contribution in [3.8, 4) is 0 Å². The molecule has 0 unspecified atom stereocenters. The normalized spacial score (nSPS) is 16.0. The maximum absolute atomic E-state index is 12.3. The van der Waals surface area contributed by atoms with Crippen LogP contribution in [0.2, 0.25) is 0 Å². The van der Waals surface area contributed by atoms with Crippen LogP contribution in [-0.4, -0.2) is 18.7 Å². The highest BCUT2D eigenvalue weighted by Crippen LogP contribution is 2.02. The number of rotatable bonds is 4. The van der Waals surface area contributed by atoms with Crippen molar-refractivity contribution in [1.29, 1.82) is 0 Å². The lowest BCUT2D eigenvalue weighted by molar-refractivity contribution is -0.145. The summed E-state index contributed by atoms with van der Waals surface area (Å²) < 4.78 is 17.0. The van der Waals surface area contributed by atoms with Crippen molar-refractivity contribution in [3.05, 3.63) is 12.2 Å². The standard InChI is InChI=1S/C9H15FO2/c1-4-12-9(11)7(2)5-6-8(3)10/h5-8H,4H2,1-3H3/b6-5+/t7-,8+/m0/s1. The summed E-state index contributed by atoms with van der Waals surface area (Å²) >= 11 is 0. The average molecular weight is 174 g/mol. The number of carbonyl (C=O) groups excluding carboxylic acids is 1. The minimum atomic E-state index is -1.01. The van der Waals surface area contributed by atoms with Gasteiger partial charge in [-0.15, -0.1) is 0 Å². The van der Waals surface area contributed by atoms with Gasteiger partial charge in [0.2, 0.25) is 0 Å². The molecular formula is C9H15FO2. The predicted octanol–water partition coefficient (Wildman–Crippen LogP) is 2.10. The molecule has 0 aliphatic heterocycles. The SMILES string of the molecule is CCOC(=O)[C@@H](C)/C=C/[C@@H](C)F. The summed E-state index contributed by atoms with van der Waals surface area (Å²) in [7, 11) is 0. The fourth-order valence-electron chi connectivity index (χ4n) is 0.672. The number of hydrogen-bond donors (Lipinski definition) is 0. The van der Waals surface area contributed by atoms with E-state index in [-0.39, 0.29) is 11.9 Å².